The molecule has 4 rings (SSSR count). The zero-order valence-corrected chi connectivity index (χ0v) is 17.7. The lowest BCUT2D eigenvalue weighted by Gasteiger charge is -2.18. The first kappa shape index (κ1) is 21.2. The standard InChI is InChI=1S/C24H16ClFN4O2/c1-15-11-18(14-28-13-15)30-23(31)21(17-7-8-20(26)19(25)12-17)22(16-5-3-2-4-6-16)29(10-9-27)24(30)32/h2-8,11-14H,10H2,1H3. The molecular weight excluding hydrogens is 431 g/mol. The largest absolute Gasteiger partial charge is 0.337 e. The molecule has 32 heavy (non-hydrogen) atoms. The van der Waals surface area contributed by atoms with Crippen LogP contribution in [0.15, 0.2) is 76.6 Å². The monoisotopic (exact) mass is 446 g/mol. The fraction of sp³-hybridized carbons (Fsp3) is 0.0833. The Hall–Kier alpha value is -4.02. The van der Waals surface area contributed by atoms with E-state index >= 15 is 0 Å². The normalized spacial score (nSPS) is 10.7. The van der Waals surface area contributed by atoms with Crippen LogP contribution >= 0.6 is 11.6 Å². The maximum atomic E-state index is 13.9. The van der Waals surface area contributed by atoms with Crippen molar-refractivity contribution >= 4 is 11.6 Å². The van der Waals surface area contributed by atoms with Gasteiger partial charge in [-0.2, -0.15) is 5.26 Å². The van der Waals surface area contributed by atoms with Gasteiger partial charge < -0.3 is 0 Å². The Kier molecular flexibility index (Phi) is 5.71. The Morgan fingerprint density at radius 1 is 1.06 bits per heavy atom. The Morgan fingerprint density at radius 3 is 2.47 bits per heavy atom. The van der Waals surface area contributed by atoms with E-state index in [2.05, 4.69) is 4.98 Å². The van der Waals surface area contributed by atoms with E-state index in [4.69, 9.17) is 11.6 Å². The second-order valence-electron chi connectivity index (χ2n) is 7.11. The maximum absolute atomic E-state index is 13.9. The topological polar surface area (TPSA) is 80.7 Å². The molecule has 0 N–H and O–H groups in total. The van der Waals surface area contributed by atoms with Crippen molar-refractivity contribution in [1.82, 2.24) is 14.1 Å². The molecule has 0 saturated heterocycles. The lowest BCUT2D eigenvalue weighted by molar-refractivity contribution is 0.628. The third-order valence-corrected chi connectivity index (χ3v) is 5.24. The molecule has 0 atom stereocenters. The number of aryl methyl sites for hydroxylation is 1. The van der Waals surface area contributed by atoms with Gasteiger partial charge in [-0.3, -0.25) is 14.3 Å². The van der Waals surface area contributed by atoms with Gasteiger partial charge in [0.1, 0.15) is 12.4 Å². The lowest BCUT2D eigenvalue weighted by Crippen LogP contribution is -2.40. The van der Waals surface area contributed by atoms with Crippen molar-refractivity contribution < 1.29 is 4.39 Å². The third-order valence-electron chi connectivity index (χ3n) is 4.95. The van der Waals surface area contributed by atoms with Crippen molar-refractivity contribution in [2.75, 3.05) is 0 Å². The van der Waals surface area contributed by atoms with Gasteiger partial charge in [0.2, 0.25) is 0 Å². The average molecular weight is 447 g/mol. The van der Waals surface area contributed by atoms with Gasteiger partial charge in [-0.1, -0.05) is 48.0 Å². The second-order valence-corrected chi connectivity index (χ2v) is 7.51. The molecule has 6 nitrogen and oxygen atoms in total. The molecule has 0 aliphatic carbocycles. The maximum Gasteiger partial charge on any atom is 0.337 e. The first-order valence-electron chi connectivity index (χ1n) is 9.62. The Balaban J connectivity index is 2.21. The summed E-state index contributed by atoms with van der Waals surface area (Å²) < 4.78 is 16.1. The number of nitriles is 1. The number of halogens is 2. The third kappa shape index (κ3) is 3.72. The summed E-state index contributed by atoms with van der Waals surface area (Å²) in [4.78, 5) is 31.3. The van der Waals surface area contributed by atoms with Gasteiger partial charge in [0, 0.05) is 6.20 Å². The zero-order valence-electron chi connectivity index (χ0n) is 16.9. The summed E-state index contributed by atoms with van der Waals surface area (Å²) in [6.45, 7) is 1.48. The smallest absolute Gasteiger partial charge is 0.278 e. The molecule has 0 unspecified atom stereocenters. The van der Waals surface area contributed by atoms with E-state index < -0.39 is 17.1 Å². The molecule has 0 saturated carbocycles. The summed E-state index contributed by atoms with van der Waals surface area (Å²) in [7, 11) is 0. The quantitative estimate of drug-likeness (QED) is 0.466. The van der Waals surface area contributed by atoms with E-state index in [-0.39, 0.29) is 28.5 Å². The van der Waals surface area contributed by atoms with Crippen LogP contribution in [0.4, 0.5) is 4.39 Å². The van der Waals surface area contributed by atoms with E-state index in [0.717, 1.165) is 16.2 Å². The predicted octanol–water partition coefficient (Wildman–Crippen LogP) is 4.35. The van der Waals surface area contributed by atoms with Crippen molar-refractivity contribution in [2.45, 2.75) is 13.5 Å². The molecule has 2 heterocycles. The molecule has 0 bridgehead atoms. The molecule has 0 spiro atoms. The van der Waals surface area contributed by atoms with Crippen LogP contribution in [0.25, 0.3) is 28.1 Å². The van der Waals surface area contributed by atoms with E-state index in [9.17, 15) is 19.2 Å². The van der Waals surface area contributed by atoms with Crippen molar-refractivity contribution in [2.24, 2.45) is 0 Å². The van der Waals surface area contributed by atoms with Gasteiger partial charge in [0.15, 0.2) is 0 Å². The fourth-order valence-electron chi connectivity index (χ4n) is 3.57. The van der Waals surface area contributed by atoms with Gasteiger partial charge in [-0.15, -0.1) is 0 Å². The van der Waals surface area contributed by atoms with E-state index in [0.29, 0.717) is 11.1 Å². The summed E-state index contributed by atoms with van der Waals surface area (Å²) in [5.74, 6) is -0.634. The summed E-state index contributed by atoms with van der Waals surface area (Å²) in [6.07, 6.45) is 3.00. The molecular formula is C24H16ClFN4O2. The Bertz CT molecular complexity index is 1490. The van der Waals surface area contributed by atoms with Gasteiger partial charge in [-0.05, 0) is 41.8 Å². The Labute approximate surface area is 187 Å². The molecule has 158 valence electrons. The van der Waals surface area contributed by atoms with Crippen LogP contribution in [0.3, 0.4) is 0 Å². The van der Waals surface area contributed by atoms with Gasteiger partial charge >= 0.3 is 5.69 Å². The van der Waals surface area contributed by atoms with Gasteiger partial charge in [0.25, 0.3) is 5.56 Å². The molecule has 2 aromatic carbocycles. The van der Waals surface area contributed by atoms with E-state index in [1.165, 1.54) is 22.9 Å². The van der Waals surface area contributed by atoms with Crippen LogP contribution in [0, 0.1) is 24.1 Å². The van der Waals surface area contributed by atoms with Crippen molar-refractivity contribution in [1.29, 1.82) is 5.26 Å². The minimum absolute atomic E-state index is 0.120. The number of hydrogen-bond acceptors (Lipinski definition) is 4. The minimum atomic E-state index is -0.681. The van der Waals surface area contributed by atoms with Gasteiger partial charge in [0.05, 0.1) is 34.2 Å². The molecule has 0 fully saturated rings. The van der Waals surface area contributed by atoms with Crippen LogP contribution < -0.4 is 11.2 Å². The second kappa shape index (κ2) is 8.61. The summed E-state index contributed by atoms with van der Waals surface area (Å²) in [5, 5.41) is 9.29. The highest BCUT2D eigenvalue weighted by atomic mass is 35.5. The first-order valence-corrected chi connectivity index (χ1v) is 10.00. The number of benzene rings is 2. The molecule has 0 amide bonds. The number of rotatable bonds is 4. The average Bonchev–Trinajstić information content (AvgIpc) is 2.78. The molecule has 0 radical (unpaired) electrons. The SMILES string of the molecule is Cc1cncc(-n2c(=O)c(-c3ccc(F)c(Cl)c3)c(-c3ccccc3)n(CC#N)c2=O)c1. The van der Waals surface area contributed by atoms with Crippen LogP contribution in [0.5, 0.6) is 0 Å². The number of hydrogen-bond donors (Lipinski definition) is 0. The highest BCUT2D eigenvalue weighted by Gasteiger charge is 2.23. The van der Waals surface area contributed by atoms with Crippen LogP contribution in [0.2, 0.25) is 5.02 Å². The number of nitrogens with zero attached hydrogens (tertiary/aromatic N) is 4. The van der Waals surface area contributed by atoms with Crippen LogP contribution in [-0.2, 0) is 6.54 Å². The van der Waals surface area contributed by atoms with Crippen LogP contribution in [0.1, 0.15) is 5.56 Å². The highest BCUT2D eigenvalue weighted by Crippen LogP contribution is 2.31. The summed E-state index contributed by atoms with van der Waals surface area (Å²) in [6, 6.07) is 16.3. The Morgan fingerprint density at radius 2 is 1.81 bits per heavy atom. The molecule has 0 aliphatic heterocycles. The van der Waals surface area contributed by atoms with E-state index in [1.54, 1.807) is 49.5 Å². The lowest BCUT2D eigenvalue weighted by atomic mass is 9.99. The van der Waals surface area contributed by atoms with Crippen LogP contribution in [-0.4, -0.2) is 14.1 Å². The minimum Gasteiger partial charge on any atom is -0.278 e. The molecule has 4 aromatic rings. The molecule has 2 aromatic heterocycles. The van der Waals surface area contributed by atoms with Crippen molar-refractivity contribution in [3.63, 3.8) is 0 Å². The molecule has 8 heteroatoms. The summed E-state index contributed by atoms with van der Waals surface area (Å²) >= 11 is 6.01. The summed E-state index contributed by atoms with van der Waals surface area (Å²) in [5.41, 5.74) is 0.956. The van der Waals surface area contributed by atoms with E-state index in [1.807, 2.05) is 6.07 Å². The fourth-order valence-corrected chi connectivity index (χ4v) is 3.75. The highest BCUT2D eigenvalue weighted by molar-refractivity contribution is 6.31. The molecule has 0 aliphatic rings. The van der Waals surface area contributed by atoms with Crippen molar-refractivity contribution in [3.05, 3.63) is 104 Å². The zero-order chi connectivity index (χ0) is 22.8. The first-order chi connectivity index (χ1) is 15.4. The van der Waals surface area contributed by atoms with Gasteiger partial charge in [-0.25, -0.2) is 13.8 Å². The number of pyridine rings is 1. The number of aromatic nitrogens is 3. The van der Waals surface area contributed by atoms with Crippen molar-refractivity contribution in [3.8, 4) is 34.1 Å². The predicted molar refractivity (Wildman–Crippen MR) is 120 cm³/mol.